The van der Waals surface area contributed by atoms with E-state index in [1.165, 1.54) is 26.0 Å². The highest BCUT2D eigenvalue weighted by atomic mass is 35.5. The minimum atomic E-state index is -1.62. The van der Waals surface area contributed by atoms with Crippen LogP contribution in [0.25, 0.3) is 0 Å². The van der Waals surface area contributed by atoms with Gasteiger partial charge in [-0.25, -0.2) is 0 Å². The van der Waals surface area contributed by atoms with Gasteiger partial charge in [-0.05, 0) is 26.0 Å². The van der Waals surface area contributed by atoms with E-state index in [0.29, 0.717) is 0 Å². The fourth-order valence-electron chi connectivity index (χ4n) is 1.04. The van der Waals surface area contributed by atoms with Crippen LogP contribution in [0.2, 0.25) is 5.02 Å². The molecule has 1 aromatic rings. The highest BCUT2D eigenvalue weighted by Crippen LogP contribution is 2.28. The predicted molar refractivity (Wildman–Crippen MR) is 63.0 cm³/mol. The van der Waals surface area contributed by atoms with E-state index in [1.807, 2.05) is 0 Å². The molecule has 0 aliphatic carbocycles. The molecule has 1 rings (SSSR count). The first kappa shape index (κ1) is 13.4. The minimum absolute atomic E-state index is 0.00785. The average molecular weight is 259 g/mol. The number of halogens is 1. The van der Waals surface area contributed by atoms with Crippen molar-refractivity contribution in [2.24, 2.45) is 0 Å². The van der Waals surface area contributed by atoms with Crippen molar-refractivity contribution in [1.82, 2.24) is 0 Å². The number of nitrogens with zero attached hydrogens (tertiary/aromatic N) is 1. The Kier molecular flexibility index (Phi) is 3.69. The number of aliphatic hydroxyl groups is 1. The molecule has 0 atom stereocenters. The van der Waals surface area contributed by atoms with E-state index in [-0.39, 0.29) is 16.4 Å². The van der Waals surface area contributed by atoms with Crippen molar-refractivity contribution in [2.75, 3.05) is 5.32 Å². The SMILES string of the molecule is CC(C)(O)C(=O)Nc1ccc(Cl)cc1[N+](=O)[O-]. The van der Waals surface area contributed by atoms with Gasteiger partial charge in [-0.2, -0.15) is 0 Å². The zero-order valence-corrected chi connectivity index (χ0v) is 9.99. The highest BCUT2D eigenvalue weighted by Gasteiger charge is 2.26. The Balaban J connectivity index is 3.07. The molecular weight excluding hydrogens is 248 g/mol. The smallest absolute Gasteiger partial charge is 0.294 e. The fraction of sp³-hybridized carbons (Fsp3) is 0.300. The first-order valence-electron chi connectivity index (χ1n) is 4.69. The fourth-order valence-corrected chi connectivity index (χ4v) is 1.20. The molecule has 0 aliphatic heterocycles. The molecule has 0 unspecified atom stereocenters. The molecule has 7 heteroatoms. The Morgan fingerprint density at radius 3 is 2.59 bits per heavy atom. The molecule has 17 heavy (non-hydrogen) atoms. The summed E-state index contributed by atoms with van der Waals surface area (Å²) in [6.45, 7) is 2.56. The van der Waals surface area contributed by atoms with E-state index in [0.717, 1.165) is 6.07 Å². The molecule has 1 aromatic carbocycles. The molecule has 0 spiro atoms. The lowest BCUT2D eigenvalue weighted by molar-refractivity contribution is -0.383. The van der Waals surface area contributed by atoms with Crippen LogP contribution in [0.4, 0.5) is 11.4 Å². The van der Waals surface area contributed by atoms with E-state index in [9.17, 15) is 20.0 Å². The maximum Gasteiger partial charge on any atom is 0.294 e. The number of hydrogen-bond donors (Lipinski definition) is 2. The maximum absolute atomic E-state index is 11.5. The molecule has 0 saturated heterocycles. The van der Waals surface area contributed by atoms with Gasteiger partial charge in [-0.15, -0.1) is 0 Å². The van der Waals surface area contributed by atoms with E-state index >= 15 is 0 Å². The van der Waals surface area contributed by atoms with Crippen LogP contribution in [-0.2, 0) is 4.79 Å². The standard InChI is InChI=1S/C10H11ClN2O4/c1-10(2,15)9(14)12-7-4-3-6(11)5-8(7)13(16)17/h3-5,15H,1-2H3,(H,12,14). The summed E-state index contributed by atoms with van der Waals surface area (Å²) in [4.78, 5) is 21.6. The molecule has 0 bridgehead atoms. The van der Waals surface area contributed by atoms with Crippen LogP contribution in [0.3, 0.4) is 0 Å². The third-order valence-corrected chi connectivity index (χ3v) is 2.20. The van der Waals surface area contributed by atoms with Gasteiger partial charge in [0.1, 0.15) is 11.3 Å². The van der Waals surface area contributed by atoms with Crippen LogP contribution in [0, 0.1) is 10.1 Å². The number of carbonyl (C=O) groups is 1. The van der Waals surface area contributed by atoms with E-state index in [2.05, 4.69) is 5.32 Å². The number of rotatable bonds is 3. The molecule has 0 fully saturated rings. The second-order valence-electron chi connectivity index (χ2n) is 3.93. The Labute approximate surface area is 102 Å². The van der Waals surface area contributed by atoms with Gasteiger partial charge in [0.15, 0.2) is 0 Å². The predicted octanol–water partition coefficient (Wildman–Crippen LogP) is 1.96. The van der Waals surface area contributed by atoms with Gasteiger partial charge in [0.25, 0.3) is 11.6 Å². The summed E-state index contributed by atoms with van der Waals surface area (Å²) >= 11 is 5.62. The van der Waals surface area contributed by atoms with Crippen LogP contribution < -0.4 is 5.32 Å². The van der Waals surface area contributed by atoms with Crippen LogP contribution in [-0.4, -0.2) is 21.5 Å². The molecule has 0 heterocycles. The van der Waals surface area contributed by atoms with E-state index < -0.39 is 16.4 Å². The summed E-state index contributed by atoms with van der Waals surface area (Å²) in [5, 5.41) is 22.6. The highest BCUT2D eigenvalue weighted by molar-refractivity contribution is 6.31. The van der Waals surface area contributed by atoms with Crippen molar-refractivity contribution < 1.29 is 14.8 Å². The first-order chi connectivity index (χ1) is 7.71. The molecule has 0 aromatic heterocycles. The molecular formula is C10H11ClN2O4. The Bertz CT molecular complexity index is 468. The number of carbonyl (C=O) groups excluding carboxylic acids is 1. The van der Waals surface area contributed by atoms with Crippen molar-refractivity contribution >= 4 is 28.9 Å². The molecule has 0 radical (unpaired) electrons. The number of anilines is 1. The normalized spacial score (nSPS) is 11.1. The van der Waals surface area contributed by atoms with Crippen molar-refractivity contribution in [1.29, 1.82) is 0 Å². The van der Waals surface area contributed by atoms with Crippen LogP contribution in [0.1, 0.15) is 13.8 Å². The van der Waals surface area contributed by atoms with Crippen molar-refractivity contribution in [2.45, 2.75) is 19.4 Å². The van der Waals surface area contributed by atoms with Crippen molar-refractivity contribution in [3.63, 3.8) is 0 Å². The number of hydrogen-bond acceptors (Lipinski definition) is 4. The Morgan fingerprint density at radius 2 is 2.12 bits per heavy atom. The number of benzene rings is 1. The van der Waals surface area contributed by atoms with Gasteiger partial charge >= 0.3 is 0 Å². The third kappa shape index (κ3) is 3.40. The summed E-state index contributed by atoms with van der Waals surface area (Å²) in [6, 6.07) is 3.85. The lowest BCUT2D eigenvalue weighted by Crippen LogP contribution is -2.36. The van der Waals surface area contributed by atoms with E-state index in [4.69, 9.17) is 11.6 Å². The number of nitro groups is 1. The lowest BCUT2D eigenvalue weighted by atomic mass is 10.1. The largest absolute Gasteiger partial charge is 0.381 e. The minimum Gasteiger partial charge on any atom is -0.381 e. The van der Waals surface area contributed by atoms with Gasteiger partial charge < -0.3 is 10.4 Å². The van der Waals surface area contributed by atoms with E-state index in [1.54, 1.807) is 0 Å². The molecule has 92 valence electrons. The average Bonchev–Trinajstić information content (AvgIpc) is 2.18. The Morgan fingerprint density at radius 1 is 1.53 bits per heavy atom. The summed E-state index contributed by atoms with van der Waals surface area (Å²) < 4.78 is 0. The number of nitro benzene ring substituents is 1. The summed E-state index contributed by atoms with van der Waals surface area (Å²) in [5.41, 5.74) is -1.95. The Hall–Kier alpha value is -1.66. The van der Waals surface area contributed by atoms with Crippen LogP contribution >= 0.6 is 11.6 Å². The van der Waals surface area contributed by atoms with Crippen molar-refractivity contribution in [3.8, 4) is 0 Å². The van der Waals surface area contributed by atoms with Gasteiger partial charge in [0.05, 0.1) is 4.92 Å². The van der Waals surface area contributed by atoms with Gasteiger partial charge in [0.2, 0.25) is 0 Å². The monoisotopic (exact) mass is 258 g/mol. The summed E-state index contributed by atoms with van der Waals surface area (Å²) in [5.74, 6) is -0.733. The zero-order chi connectivity index (χ0) is 13.2. The van der Waals surface area contributed by atoms with Gasteiger partial charge in [-0.3, -0.25) is 14.9 Å². The number of nitrogens with one attached hydrogen (secondary N) is 1. The second kappa shape index (κ2) is 4.68. The summed E-state index contributed by atoms with van der Waals surface area (Å²) in [7, 11) is 0. The molecule has 0 saturated carbocycles. The van der Waals surface area contributed by atoms with Gasteiger partial charge in [0, 0.05) is 11.1 Å². The molecule has 0 aliphatic rings. The second-order valence-corrected chi connectivity index (χ2v) is 4.37. The zero-order valence-electron chi connectivity index (χ0n) is 9.23. The maximum atomic E-state index is 11.5. The van der Waals surface area contributed by atoms with Crippen molar-refractivity contribution in [3.05, 3.63) is 33.3 Å². The third-order valence-electron chi connectivity index (χ3n) is 1.96. The van der Waals surface area contributed by atoms with Crippen LogP contribution in [0.5, 0.6) is 0 Å². The summed E-state index contributed by atoms with van der Waals surface area (Å²) in [6.07, 6.45) is 0. The molecule has 1 amide bonds. The topological polar surface area (TPSA) is 92.5 Å². The van der Waals surface area contributed by atoms with Crippen LogP contribution in [0.15, 0.2) is 18.2 Å². The first-order valence-corrected chi connectivity index (χ1v) is 5.07. The molecule has 2 N–H and O–H groups in total. The molecule has 6 nitrogen and oxygen atoms in total. The lowest BCUT2D eigenvalue weighted by Gasteiger charge is -2.16. The number of amides is 1. The quantitative estimate of drug-likeness (QED) is 0.640. The van der Waals surface area contributed by atoms with Gasteiger partial charge in [-0.1, -0.05) is 11.6 Å².